The molecule has 7 nitrogen and oxygen atoms in total. The number of sulfonamides is 1. The monoisotopic (exact) mass is 569 g/mol. The molecule has 208 valence electrons. The van der Waals surface area contributed by atoms with E-state index in [4.69, 9.17) is 11.6 Å². The van der Waals surface area contributed by atoms with Crippen LogP contribution in [0.25, 0.3) is 0 Å². The fourth-order valence-corrected chi connectivity index (χ4v) is 5.83. The van der Waals surface area contributed by atoms with Gasteiger partial charge in [-0.1, -0.05) is 65.7 Å². The molecular formula is C30H36ClN3O4S. The minimum absolute atomic E-state index is 0.0425. The van der Waals surface area contributed by atoms with Gasteiger partial charge in [-0.2, -0.15) is 0 Å². The smallest absolute Gasteiger partial charge is 0.264 e. The third-order valence-corrected chi connectivity index (χ3v) is 8.40. The molecule has 3 aromatic carbocycles. The molecule has 0 saturated carbocycles. The summed E-state index contributed by atoms with van der Waals surface area (Å²) in [5, 5.41) is 3.30. The van der Waals surface area contributed by atoms with E-state index in [-0.39, 0.29) is 17.3 Å². The summed E-state index contributed by atoms with van der Waals surface area (Å²) < 4.78 is 28.8. The third kappa shape index (κ3) is 7.61. The average Bonchev–Trinajstić information content (AvgIpc) is 2.86. The summed E-state index contributed by atoms with van der Waals surface area (Å²) >= 11 is 6.36. The second-order valence-corrected chi connectivity index (χ2v) is 12.9. The van der Waals surface area contributed by atoms with Crippen LogP contribution in [0, 0.1) is 13.8 Å². The topological polar surface area (TPSA) is 86.8 Å². The summed E-state index contributed by atoms with van der Waals surface area (Å²) in [5.74, 6) is -0.855. The largest absolute Gasteiger partial charge is 0.350 e. The van der Waals surface area contributed by atoms with Crippen LogP contribution in [0.1, 0.15) is 44.4 Å². The number of hydrogen-bond acceptors (Lipinski definition) is 4. The van der Waals surface area contributed by atoms with Gasteiger partial charge in [0, 0.05) is 17.1 Å². The zero-order chi connectivity index (χ0) is 29.0. The van der Waals surface area contributed by atoms with Crippen LogP contribution in [0.5, 0.6) is 0 Å². The van der Waals surface area contributed by atoms with Gasteiger partial charge in [0.15, 0.2) is 0 Å². The van der Waals surface area contributed by atoms with E-state index in [1.54, 1.807) is 50.2 Å². The Labute approximate surface area is 236 Å². The van der Waals surface area contributed by atoms with Crippen LogP contribution in [-0.2, 0) is 26.2 Å². The van der Waals surface area contributed by atoms with Gasteiger partial charge in [-0.05, 0) is 76.9 Å². The molecule has 0 heterocycles. The molecule has 0 radical (unpaired) electrons. The van der Waals surface area contributed by atoms with Gasteiger partial charge in [-0.3, -0.25) is 13.9 Å². The summed E-state index contributed by atoms with van der Waals surface area (Å²) in [6.45, 7) is 10.5. The number of carbonyl (C=O) groups is 2. The zero-order valence-corrected chi connectivity index (χ0v) is 24.8. The Balaban J connectivity index is 2.07. The van der Waals surface area contributed by atoms with E-state index < -0.39 is 34.1 Å². The normalized spacial score (nSPS) is 12.5. The highest BCUT2D eigenvalue weighted by atomic mass is 35.5. The molecule has 3 rings (SSSR count). The van der Waals surface area contributed by atoms with E-state index in [2.05, 4.69) is 5.32 Å². The Morgan fingerprint density at radius 3 is 2.21 bits per heavy atom. The first kappa shape index (κ1) is 30.2. The molecule has 3 aromatic rings. The first-order valence-corrected chi connectivity index (χ1v) is 14.5. The highest BCUT2D eigenvalue weighted by molar-refractivity contribution is 7.92. The number of nitrogens with one attached hydrogen (secondary N) is 1. The van der Waals surface area contributed by atoms with E-state index in [9.17, 15) is 18.0 Å². The molecule has 0 fully saturated rings. The van der Waals surface area contributed by atoms with Crippen LogP contribution in [0.15, 0.2) is 77.7 Å². The molecule has 0 aliphatic carbocycles. The van der Waals surface area contributed by atoms with Gasteiger partial charge in [0.2, 0.25) is 11.8 Å². The highest BCUT2D eigenvalue weighted by Gasteiger charge is 2.34. The summed E-state index contributed by atoms with van der Waals surface area (Å²) in [6, 6.07) is 19.7. The van der Waals surface area contributed by atoms with E-state index >= 15 is 0 Å². The van der Waals surface area contributed by atoms with Crippen molar-refractivity contribution in [1.82, 2.24) is 10.2 Å². The number of amides is 2. The molecule has 0 spiro atoms. The minimum atomic E-state index is -4.15. The maximum Gasteiger partial charge on any atom is 0.264 e. The van der Waals surface area contributed by atoms with Gasteiger partial charge in [0.05, 0.1) is 10.6 Å². The first-order valence-electron chi connectivity index (χ1n) is 12.7. The average molecular weight is 570 g/mol. The molecule has 9 heteroatoms. The molecule has 0 bridgehead atoms. The summed E-state index contributed by atoms with van der Waals surface area (Å²) in [6.07, 6.45) is 0. The van der Waals surface area contributed by atoms with Gasteiger partial charge in [0.25, 0.3) is 10.0 Å². The number of carbonyl (C=O) groups excluding carboxylic acids is 2. The van der Waals surface area contributed by atoms with Crippen molar-refractivity contribution in [1.29, 1.82) is 0 Å². The van der Waals surface area contributed by atoms with E-state index in [0.717, 1.165) is 15.4 Å². The van der Waals surface area contributed by atoms with Crippen LogP contribution in [-0.4, -0.2) is 43.3 Å². The van der Waals surface area contributed by atoms with Crippen molar-refractivity contribution in [3.63, 3.8) is 0 Å². The molecule has 0 unspecified atom stereocenters. The predicted molar refractivity (Wildman–Crippen MR) is 156 cm³/mol. The van der Waals surface area contributed by atoms with Crippen molar-refractivity contribution < 1.29 is 18.0 Å². The Morgan fingerprint density at radius 2 is 1.59 bits per heavy atom. The predicted octanol–water partition coefficient (Wildman–Crippen LogP) is 5.48. The molecule has 0 aliphatic rings. The summed E-state index contributed by atoms with van der Waals surface area (Å²) in [7, 11) is -4.15. The molecule has 0 saturated heterocycles. The van der Waals surface area contributed by atoms with Gasteiger partial charge in [0.1, 0.15) is 12.6 Å². The lowest BCUT2D eigenvalue weighted by Gasteiger charge is -2.34. The first-order chi connectivity index (χ1) is 18.2. The summed E-state index contributed by atoms with van der Waals surface area (Å²) in [4.78, 5) is 28.7. The number of hydrogen-bond donors (Lipinski definition) is 1. The van der Waals surface area contributed by atoms with Crippen LogP contribution in [0.4, 0.5) is 5.69 Å². The SMILES string of the molecule is Cc1cccc(CN(C(=O)CN(c2cccc(Cl)c2C)S(=O)(=O)c2ccccc2)[C@@H](C)C(=O)NC(C)(C)C)c1. The molecule has 0 aromatic heterocycles. The number of nitrogens with zero attached hydrogens (tertiary/aromatic N) is 2. The van der Waals surface area contributed by atoms with Gasteiger partial charge < -0.3 is 10.2 Å². The maximum atomic E-state index is 14.0. The fraction of sp³-hybridized carbons (Fsp3) is 0.333. The standard InChI is InChI=1S/C30H36ClN3O4S/c1-21-12-10-13-24(18-21)19-33(23(3)29(36)32-30(4,5)6)28(35)20-34(27-17-11-16-26(31)22(27)2)39(37,38)25-14-8-7-9-15-25/h7-18,23H,19-20H2,1-6H3,(H,32,36)/t23-/m0/s1. The van der Waals surface area contributed by atoms with Crippen molar-refractivity contribution in [2.75, 3.05) is 10.8 Å². The Kier molecular flexibility index (Phi) is 9.46. The Morgan fingerprint density at radius 1 is 0.949 bits per heavy atom. The van der Waals surface area contributed by atoms with Crippen LogP contribution >= 0.6 is 11.6 Å². The zero-order valence-electron chi connectivity index (χ0n) is 23.2. The van der Waals surface area contributed by atoms with Crippen molar-refractivity contribution >= 4 is 39.1 Å². The van der Waals surface area contributed by atoms with Crippen molar-refractivity contribution in [2.45, 2.75) is 64.6 Å². The Bertz CT molecular complexity index is 1440. The second kappa shape index (κ2) is 12.2. The molecule has 1 atom stereocenters. The van der Waals surface area contributed by atoms with Crippen molar-refractivity contribution in [3.05, 3.63) is 94.5 Å². The minimum Gasteiger partial charge on any atom is -0.350 e. The van der Waals surface area contributed by atoms with E-state index in [0.29, 0.717) is 16.3 Å². The second-order valence-electron chi connectivity index (χ2n) is 10.6. The van der Waals surface area contributed by atoms with Crippen LogP contribution in [0.2, 0.25) is 5.02 Å². The van der Waals surface area contributed by atoms with E-state index in [1.165, 1.54) is 17.0 Å². The van der Waals surface area contributed by atoms with Crippen LogP contribution in [0.3, 0.4) is 0 Å². The van der Waals surface area contributed by atoms with Gasteiger partial charge in [-0.25, -0.2) is 8.42 Å². The molecule has 0 aliphatic heterocycles. The molecule has 39 heavy (non-hydrogen) atoms. The number of aryl methyl sites for hydroxylation is 1. The van der Waals surface area contributed by atoms with Crippen LogP contribution < -0.4 is 9.62 Å². The van der Waals surface area contributed by atoms with Crippen molar-refractivity contribution in [2.24, 2.45) is 0 Å². The van der Waals surface area contributed by atoms with Gasteiger partial charge >= 0.3 is 0 Å². The molecular weight excluding hydrogens is 534 g/mol. The number of benzene rings is 3. The molecule has 1 N–H and O–H groups in total. The maximum absolute atomic E-state index is 14.0. The number of anilines is 1. The van der Waals surface area contributed by atoms with Crippen molar-refractivity contribution in [3.8, 4) is 0 Å². The summed E-state index contributed by atoms with van der Waals surface area (Å²) in [5.41, 5.74) is 2.14. The lowest BCUT2D eigenvalue weighted by molar-refractivity contribution is -0.140. The highest BCUT2D eigenvalue weighted by Crippen LogP contribution is 2.31. The lowest BCUT2D eigenvalue weighted by atomic mass is 10.1. The van der Waals surface area contributed by atoms with Gasteiger partial charge in [-0.15, -0.1) is 0 Å². The Hall–Kier alpha value is -3.36. The third-order valence-electron chi connectivity index (χ3n) is 6.22. The fourth-order valence-electron chi connectivity index (χ4n) is 4.16. The molecule has 2 amide bonds. The lowest BCUT2D eigenvalue weighted by Crippen LogP contribution is -2.54. The number of halogens is 1. The quantitative estimate of drug-likeness (QED) is 0.369. The van der Waals surface area contributed by atoms with E-state index in [1.807, 2.05) is 52.0 Å². The number of rotatable bonds is 9.